The fourth-order valence-corrected chi connectivity index (χ4v) is 8.93. The van der Waals surface area contributed by atoms with Gasteiger partial charge in [0.2, 0.25) is 65.0 Å². The standard InChI is InChI=1S/C57H95N15O17.2C2HF3O2/c1-12-29(10)38-52(84)70-39(30(11)74)51(83)63-23-36(75)68-41(44(77)46(59)78)54(86)67-35(24-73)56(88)89-45(31-17-14-13-15-18-31)42(72-49(81)34(22-26(4)5)65-50(82)37(58)27(6)7)55(87)71-40(43(76)28(8)9)53(85)66-33(21-25(2)3)48(80)64-32(47(79)69-38)19-16-20-62-57(60)61;2*3-2(4,5)1(6)7/h13-15,17-18,25-30,32-35,37-45,73-74,76-77H,12,16,19-24,58H2,1-11H3,(H2,59,78)(H,63,83)(H,64,80)(H,65,82)(H,66,85)(H,67,86)(H,68,75)(H,69,79)(H,70,84)(H,71,87)(H,72,81)(H4,60,61,62);2*(H,6,7)/t29-,30-,32+,33-,34-,35-,37+,38?,39?,40-,41-,42-,43+,44-,45+;;/m0../s1. The van der Waals surface area contributed by atoms with Crippen LogP contribution >= 0.6 is 0 Å². The number of hydrogen-bond acceptors (Lipinski definition) is 21. The fraction of sp³-hybridized carbons (Fsp3) is 0.656. The first-order valence-corrected chi connectivity index (χ1v) is 32.1. The number of guanidine groups is 1. The van der Waals surface area contributed by atoms with Crippen molar-refractivity contribution in [1.82, 2.24) is 53.2 Å². The highest BCUT2D eigenvalue weighted by molar-refractivity contribution is 6.00. The van der Waals surface area contributed by atoms with Crippen molar-refractivity contribution in [3.63, 3.8) is 0 Å². The average molecular weight is 1490 g/mol. The second-order valence-corrected chi connectivity index (χ2v) is 25.2. The zero-order valence-corrected chi connectivity index (χ0v) is 58.3. The van der Waals surface area contributed by atoms with Crippen molar-refractivity contribution >= 4 is 88.8 Å². The molecule has 1 aromatic carbocycles. The van der Waals surface area contributed by atoms with Gasteiger partial charge in [-0.3, -0.25) is 57.7 Å². The molecule has 2 unspecified atom stereocenters. The smallest absolute Gasteiger partial charge is 0.475 e. The number of hydrogen-bond donors (Lipinski definition) is 20. The Bertz CT molecular complexity index is 3050. The molecule has 36 nitrogen and oxygen atoms in total. The molecule has 1 heterocycles. The van der Waals surface area contributed by atoms with Crippen molar-refractivity contribution < 1.29 is 129 Å². The summed E-state index contributed by atoms with van der Waals surface area (Å²) in [5, 5.41) is 82.2. The van der Waals surface area contributed by atoms with E-state index in [9.17, 15) is 99.5 Å². The average Bonchev–Trinajstić information content (AvgIpc) is 0.813. The second kappa shape index (κ2) is 44.1. The molecular weight excluding hydrogens is 1390 g/mol. The minimum absolute atomic E-state index is 0.0465. The lowest BCUT2D eigenvalue weighted by Gasteiger charge is -2.34. The van der Waals surface area contributed by atoms with Crippen molar-refractivity contribution in [1.29, 1.82) is 0 Å². The minimum atomic E-state index is -5.08. The number of nitrogens with two attached hydrogens (primary N) is 4. The Morgan fingerprint density at radius 2 is 1.11 bits per heavy atom. The number of nitrogens with one attached hydrogen (secondary N) is 10. The number of amides is 11. The number of ether oxygens (including phenoxy) is 1. The van der Waals surface area contributed by atoms with Gasteiger partial charge >= 0.3 is 30.3 Å². The van der Waals surface area contributed by atoms with Crippen LogP contribution in [0, 0.1) is 29.6 Å². The number of cyclic esters (lactones) is 1. The fourth-order valence-electron chi connectivity index (χ4n) is 8.93. The molecular formula is C61H97F6N15O21. The van der Waals surface area contributed by atoms with Gasteiger partial charge in [0.15, 0.2) is 24.2 Å². The summed E-state index contributed by atoms with van der Waals surface area (Å²) in [4.78, 5) is 191. The molecule has 0 saturated carbocycles. The Labute approximate surface area is 587 Å². The van der Waals surface area contributed by atoms with E-state index < -0.39 is 211 Å². The third kappa shape index (κ3) is 33.4. The third-order valence-corrected chi connectivity index (χ3v) is 14.9. The molecule has 42 heteroatoms. The number of nitrogens with zero attached hydrogens (tertiary/aromatic N) is 1. The molecule has 0 aliphatic carbocycles. The lowest BCUT2D eigenvalue weighted by molar-refractivity contribution is -0.193. The summed E-state index contributed by atoms with van der Waals surface area (Å²) in [5.41, 5.74) is 22.5. The van der Waals surface area contributed by atoms with E-state index in [1.165, 1.54) is 44.2 Å². The van der Waals surface area contributed by atoms with Gasteiger partial charge in [-0.2, -0.15) is 26.3 Å². The van der Waals surface area contributed by atoms with E-state index >= 15 is 4.79 Å². The van der Waals surface area contributed by atoms with Gasteiger partial charge in [-0.1, -0.05) is 106 Å². The zero-order valence-electron chi connectivity index (χ0n) is 58.3. The highest BCUT2D eigenvalue weighted by Crippen LogP contribution is 2.25. The van der Waals surface area contributed by atoms with Crippen LogP contribution in [0.3, 0.4) is 0 Å². The number of esters is 1. The first-order valence-electron chi connectivity index (χ1n) is 32.1. The van der Waals surface area contributed by atoms with E-state index in [4.69, 9.17) is 47.5 Å². The Kier molecular flexibility index (Phi) is 40.0. The van der Waals surface area contributed by atoms with E-state index in [-0.39, 0.29) is 62.0 Å². The van der Waals surface area contributed by atoms with Gasteiger partial charge < -0.3 is 111 Å². The predicted molar refractivity (Wildman–Crippen MR) is 349 cm³/mol. The Balaban J connectivity index is 0.00000668. The van der Waals surface area contributed by atoms with Crippen LogP contribution in [0.4, 0.5) is 26.3 Å². The van der Waals surface area contributed by atoms with Crippen LogP contribution in [0.1, 0.15) is 120 Å². The summed E-state index contributed by atoms with van der Waals surface area (Å²) >= 11 is 0. The van der Waals surface area contributed by atoms with Crippen LogP contribution < -0.4 is 76.1 Å². The number of benzene rings is 1. The lowest BCUT2D eigenvalue weighted by atomic mass is 9.95. The van der Waals surface area contributed by atoms with Crippen LogP contribution in [-0.2, 0) is 71.9 Å². The van der Waals surface area contributed by atoms with Crippen LogP contribution in [0.2, 0.25) is 0 Å². The van der Waals surface area contributed by atoms with Gasteiger partial charge in [-0.25, -0.2) is 14.4 Å². The van der Waals surface area contributed by atoms with E-state index in [2.05, 4.69) is 47.5 Å². The molecule has 0 bridgehead atoms. The Morgan fingerprint density at radius 1 is 0.621 bits per heavy atom. The van der Waals surface area contributed by atoms with E-state index in [0.29, 0.717) is 0 Å². The maximum Gasteiger partial charge on any atom is 0.490 e. The molecule has 15 atom stereocenters. The summed E-state index contributed by atoms with van der Waals surface area (Å²) < 4.78 is 69.4. The quantitative estimate of drug-likeness (QED) is 0.0171. The van der Waals surface area contributed by atoms with E-state index in [0.717, 1.165) is 6.92 Å². The largest absolute Gasteiger partial charge is 0.490 e. The highest BCUT2D eigenvalue weighted by atomic mass is 19.4. The molecule has 584 valence electrons. The second-order valence-electron chi connectivity index (χ2n) is 25.2. The van der Waals surface area contributed by atoms with Gasteiger partial charge in [-0.15, -0.1) is 0 Å². The summed E-state index contributed by atoms with van der Waals surface area (Å²) in [7, 11) is 0. The number of carboxylic acid groups (broad SMARTS) is 2. The molecule has 0 radical (unpaired) electrons. The molecule has 11 amide bonds. The Hall–Kier alpha value is -9.55. The van der Waals surface area contributed by atoms with Crippen molar-refractivity contribution in [3.05, 3.63) is 35.9 Å². The number of carbonyl (C=O) groups excluding carboxylic acids is 12. The number of rotatable bonds is 22. The normalized spacial score (nSPS) is 23.0. The number of carboxylic acids is 2. The monoisotopic (exact) mass is 1490 g/mol. The molecule has 2 rings (SSSR count). The molecule has 1 saturated heterocycles. The van der Waals surface area contributed by atoms with Gasteiger partial charge in [0.05, 0.1) is 31.4 Å². The van der Waals surface area contributed by atoms with Crippen LogP contribution in [-0.4, -0.2) is 230 Å². The molecule has 1 aliphatic rings. The van der Waals surface area contributed by atoms with Crippen LogP contribution in [0.25, 0.3) is 0 Å². The molecule has 0 aromatic heterocycles. The maximum absolute atomic E-state index is 15.3. The summed E-state index contributed by atoms with van der Waals surface area (Å²) in [6.45, 7) is 15.0. The predicted octanol–water partition coefficient (Wildman–Crippen LogP) is -4.56. The molecule has 1 aromatic rings. The lowest BCUT2D eigenvalue weighted by Crippen LogP contribution is -2.64. The number of halogens is 6. The number of carbonyl (C=O) groups is 14. The minimum Gasteiger partial charge on any atom is -0.475 e. The summed E-state index contributed by atoms with van der Waals surface area (Å²) in [6, 6.07) is -10.8. The maximum atomic E-state index is 15.3. The van der Waals surface area contributed by atoms with Crippen molar-refractivity contribution in [3.8, 4) is 0 Å². The van der Waals surface area contributed by atoms with Crippen molar-refractivity contribution in [2.24, 2.45) is 57.5 Å². The molecule has 103 heavy (non-hydrogen) atoms. The number of aliphatic carboxylic acids is 2. The van der Waals surface area contributed by atoms with E-state index in [1.807, 2.05) is 10.6 Å². The van der Waals surface area contributed by atoms with Gasteiger partial charge in [0, 0.05) is 6.54 Å². The molecule has 1 fully saturated rings. The zero-order chi connectivity index (χ0) is 79.9. The molecule has 0 spiro atoms. The number of alkyl halides is 6. The number of aliphatic hydroxyl groups excluding tert-OH is 4. The molecule has 24 N–H and O–H groups in total. The SMILES string of the molecule is CC[C@H](C)C1NC(=O)[C@@H](CCCN=C(N)N)NC(=O)[C@H](CC(C)C)NC(=O)[C@H]([C@H](O)C(C)C)NC(=O)[C@@H](NC(=O)[C@H](CC(C)C)NC(=O)[C@H](N)C(C)C)[C@@H](c2ccccc2)OC(=O)[C@H](CO)NC(=O)[C@H]([C@H](O)C(N)=O)NC(=O)CNC(=O)C([C@H](C)O)NC1=O.O=C(O)C(F)(F)F.O=C(O)C(F)(F)F. The van der Waals surface area contributed by atoms with Crippen LogP contribution in [0.5, 0.6) is 0 Å². The number of primary amides is 1. The highest BCUT2D eigenvalue weighted by Gasteiger charge is 2.45. The van der Waals surface area contributed by atoms with Gasteiger partial charge in [0.1, 0.15) is 48.3 Å². The van der Waals surface area contributed by atoms with Crippen molar-refractivity contribution in [2.75, 3.05) is 19.7 Å². The van der Waals surface area contributed by atoms with E-state index in [1.54, 1.807) is 55.4 Å². The number of aliphatic imine (C=N–C) groups is 1. The molecule has 1 aliphatic heterocycles. The van der Waals surface area contributed by atoms with Gasteiger partial charge in [0.25, 0.3) is 0 Å². The van der Waals surface area contributed by atoms with Crippen LogP contribution in [0.15, 0.2) is 35.3 Å². The number of aliphatic hydroxyl groups is 4. The van der Waals surface area contributed by atoms with Crippen molar-refractivity contribution in [2.45, 2.75) is 205 Å². The topological polar surface area (TPSA) is 606 Å². The summed E-state index contributed by atoms with van der Waals surface area (Å²) in [6.07, 6.45) is -18.4. The first-order chi connectivity index (χ1) is 47.4. The summed E-state index contributed by atoms with van der Waals surface area (Å²) in [5.74, 6) is -23.1. The van der Waals surface area contributed by atoms with Gasteiger partial charge in [-0.05, 0) is 67.8 Å². The first kappa shape index (κ1) is 93.5. The third-order valence-electron chi connectivity index (χ3n) is 14.9. The Morgan fingerprint density at radius 3 is 1.56 bits per heavy atom.